The first-order chi connectivity index (χ1) is 9.06. The Morgan fingerprint density at radius 3 is 2.58 bits per heavy atom. The van der Waals surface area contributed by atoms with E-state index in [4.69, 9.17) is 4.98 Å². The lowest BCUT2D eigenvalue weighted by molar-refractivity contribution is 0.623. The molecule has 1 aromatic heterocycles. The fourth-order valence-electron chi connectivity index (χ4n) is 2.38. The van der Waals surface area contributed by atoms with Gasteiger partial charge in [-0.1, -0.05) is 25.5 Å². The van der Waals surface area contributed by atoms with Crippen LogP contribution in [0.25, 0.3) is 11.4 Å². The van der Waals surface area contributed by atoms with Crippen LogP contribution in [0.4, 0.5) is 0 Å². The molecule has 0 atom stereocenters. The molecule has 0 amide bonds. The quantitative estimate of drug-likeness (QED) is 0.809. The highest BCUT2D eigenvalue weighted by molar-refractivity contribution is 7.80. The van der Waals surface area contributed by atoms with Gasteiger partial charge in [-0.2, -0.15) is 0 Å². The summed E-state index contributed by atoms with van der Waals surface area (Å²) >= 11 is 4.61. The lowest BCUT2D eigenvalue weighted by Crippen LogP contribution is -2.04. The minimum Gasteiger partial charge on any atom is -0.328 e. The normalized spacial score (nSPS) is 11.0. The molecular weight excluding hydrogens is 252 g/mol. The van der Waals surface area contributed by atoms with Crippen molar-refractivity contribution < 1.29 is 0 Å². The summed E-state index contributed by atoms with van der Waals surface area (Å²) in [6.07, 6.45) is 2.37. The van der Waals surface area contributed by atoms with Crippen molar-refractivity contribution in [2.45, 2.75) is 52.0 Å². The molecule has 0 aliphatic carbocycles. The van der Waals surface area contributed by atoms with Crippen LogP contribution in [0.2, 0.25) is 0 Å². The van der Waals surface area contributed by atoms with Gasteiger partial charge >= 0.3 is 0 Å². The Hall–Kier alpha value is -1.22. The van der Waals surface area contributed by atoms with Crippen LogP contribution in [0.1, 0.15) is 36.7 Å². The summed E-state index contributed by atoms with van der Waals surface area (Å²) in [6.45, 7) is 9.60. The Bertz CT molecular complexity index is 564. The molecule has 2 nitrogen and oxygen atoms in total. The second-order valence-electron chi connectivity index (χ2n) is 5.08. The first-order valence-corrected chi connectivity index (χ1v) is 7.33. The number of hydrogen-bond donors (Lipinski definition) is 1. The minimum absolute atomic E-state index is 1.00. The fourth-order valence-corrected chi connectivity index (χ4v) is 2.74. The first kappa shape index (κ1) is 14.2. The van der Waals surface area contributed by atoms with Gasteiger partial charge in [0.25, 0.3) is 0 Å². The van der Waals surface area contributed by atoms with Crippen molar-refractivity contribution in [2.75, 3.05) is 0 Å². The van der Waals surface area contributed by atoms with Crippen LogP contribution in [0.15, 0.2) is 23.1 Å². The zero-order chi connectivity index (χ0) is 14.0. The lowest BCUT2D eigenvalue weighted by Gasteiger charge is -2.13. The van der Waals surface area contributed by atoms with E-state index < -0.39 is 0 Å². The number of unbranched alkanes of at least 4 members (excludes halogenated alkanes) is 1. The van der Waals surface area contributed by atoms with Crippen LogP contribution in [-0.4, -0.2) is 9.55 Å². The largest absolute Gasteiger partial charge is 0.328 e. The van der Waals surface area contributed by atoms with E-state index in [0.29, 0.717) is 0 Å². The Morgan fingerprint density at radius 1 is 1.21 bits per heavy atom. The van der Waals surface area contributed by atoms with Gasteiger partial charge in [-0.25, -0.2) is 4.98 Å². The number of imidazole rings is 1. The Kier molecular flexibility index (Phi) is 4.35. The molecule has 0 unspecified atom stereocenters. The molecule has 2 aromatic rings. The number of aryl methyl sites for hydroxylation is 2. The predicted octanol–water partition coefficient (Wildman–Crippen LogP) is 4.56. The summed E-state index contributed by atoms with van der Waals surface area (Å²) in [5, 5.41) is 0. The molecule has 1 aromatic carbocycles. The van der Waals surface area contributed by atoms with E-state index in [0.717, 1.165) is 28.5 Å². The summed E-state index contributed by atoms with van der Waals surface area (Å²) in [7, 11) is 0. The SMILES string of the molecule is CCCCn1c(-c2c(C)cccc2S)nc(C)c1C. The molecule has 19 heavy (non-hydrogen) atoms. The van der Waals surface area contributed by atoms with Crippen molar-refractivity contribution >= 4 is 12.6 Å². The molecule has 3 heteroatoms. The number of rotatable bonds is 4. The molecule has 0 bridgehead atoms. The van der Waals surface area contributed by atoms with Gasteiger partial charge in [0.15, 0.2) is 0 Å². The molecule has 0 saturated carbocycles. The number of hydrogen-bond acceptors (Lipinski definition) is 2. The van der Waals surface area contributed by atoms with E-state index in [9.17, 15) is 0 Å². The van der Waals surface area contributed by atoms with E-state index in [1.54, 1.807) is 0 Å². The molecule has 102 valence electrons. The highest BCUT2D eigenvalue weighted by Crippen LogP contribution is 2.31. The van der Waals surface area contributed by atoms with Crippen LogP contribution in [0.3, 0.4) is 0 Å². The standard InChI is InChI=1S/C16H22N2S/c1-5-6-10-18-13(4)12(3)17-16(18)15-11(2)8-7-9-14(15)19/h7-9,19H,5-6,10H2,1-4H3. The van der Waals surface area contributed by atoms with Gasteiger partial charge in [0.05, 0.1) is 5.69 Å². The predicted molar refractivity (Wildman–Crippen MR) is 84.0 cm³/mol. The van der Waals surface area contributed by atoms with Crippen molar-refractivity contribution in [2.24, 2.45) is 0 Å². The second-order valence-corrected chi connectivity index (χ2v) is 5.56. The summed E-state index contributed by atoms with van der Waals surface area (Å²) in [5.41, 5.74) is 4.77. The van der Waals surface area contributed by atoms with E-state index in [-0.39, 0.29) is 0 Å². The molecule has 0 aliphatic rings. The molecule has 0 spiro atoms. The third-order valence-corrected chi connectivity index (χ3v) is 4.04. The lowest BCUT2D eigenvalue weighted by atomic mass is 10.1. The number of aromatic nitrogens is 2. The maximum atomic E-state index is 4.77. The van der Waals surface area contributed by atoms with Gasteiger partial charge < -0.3 is 4.57 Å². The molecule has 1 heterocycles. The van der Waals surface area contributed by atoms with Crippen LogP contribution in [0, 0.1) is 20.8 Å². The Labute approximate surface area is 121 Å². The molecule has 0 saturated heterocycles. The van der Waals surface area contributed by atoms with E-state index in [1.165, 1.54) is 24.1 Å². The third-order valence-electron chi connectivity index (χ3n) is 3.67. The number of nitrogens with zero attached hydrogens (tertiary/aromatic N) is 2. The van der Waals surface area contributed by atoms with E-state index in [1.807, 2.05) is 12.1 Å². The number of benzene rings is 1. The van der Waals surface area contributed by atoms with Crippen molar-refractivity contribution in [3.05, 3.63) is 35.2 Å². The van der Waals surface area contributed by atoms with Crippen molar-refractivity contribution in [1.29, 1.82) is 0 Å². The smallest absolute Gasteiger partial charge is 0.141 e. The van der Waals surface area contributed by atoms with Crippen molar-refractivity contribution in [1.82, 2.24) is 9.55 Å². The van der Waals surface area contributed by atoms with Gasteiger partial charge in [0, 0.05) is 22.7 Å². The van der Waals surface area contributed by atoms with E-state index in [2.05, 4.69) is 51.0 Å². The number of thiol groups is 1. The summed E-state index contributed by atoms with van der Waals surface area (Å²) < 4.78 is 2.33. The highest BCUT2D eigenvalue weighted by Gasteiger charge is 2.16. The molecule has 0 radical (unpaired) electrons. The van der Waals surface area contributed by atoms with Gasteiger partial charge in [-0.15, -0.1) is 12.6 Å². The zero-order valence-electron chi connectivity index (χ0n) is 12.2. The van der Waals surface area contributed by atoms with Gasteiger partial charge in [0.2, 0.25) is 0 Å². The summed E-state index contributed by atoms with van der Waals surface area (Å²) in [6, 6.07) is 6.20. The Balaban J connectivity index is 2.58. The second kappa shape index (κ2) is 5.83. The van der Waals surface area contributed by atoms with E-state index >= 15 is 0 Å². The van der Waals surface area contributed by atoms with Gasteiger partial charge in [-0.3, -0.25) is 0 Å². The average molecular weight is 274 g/mol. The van der Waals surface area contributed by atoms with Gasteiger partial charge in [-0.05, 0) is 38.8 Å². The van der Waals surface area contributed by atoms with Gasteiger partial charge in [0.1, 0.15) is 5.82 Å². The van der Waals surface area contributed by atoms with Crippen LogP contribution >= 0.6 is 12.6 Å². The third kappa shape index (κ3) is 2.71. The molecule has 2 rings (SSSR count). The average Bonchev–Trinajstić information content (AvgIpc) is 2.63. The first-order valence-electron chi connectivity index (χ1n) is 6.89. The minimum atomic E-state index is 1.00. The molecule has 0 N–H and O–H groups in total. The van der Waals surface area contributed by atoms with Crippen LogP contribution in [0.5, 0.6) is 0 Å². The fraction of sp³-hybridized carbons (Fsp3) is 0.438. The Morgan fingerprint density at radius 2 is 1.95 bits per heavy atom. The van der Waals surface area contributed by atoms with Crippen molar-refractivity contribution in [3.63, 3.8) is 0 Å². The van der Waals surface area contributed by atoms with Crippen LogP contribution in [-0.2, 0) is 6.54 Å². The molecular formula is C16H22N2S. The van der Waals surface area contributed by atoms with Crippen molar-refractivity contribution in [3.8, 4) is 11.4 Å². The monoisotopic (exact) mass is 274 g/mol. The summed E-state index contributed by atoms with van der Waals surface area (Å²) in [4.78, 5) is 5.77. The zero-order valence-corrected chi connectivity index (χ0v) is 13.1. The molecule has 0 fully saturated rings. The maximum Gasteiger partial charge on any atom is 0.141 e. The molecule has 0 aliphatic heterocycles. The topological polar surface area (TPSA) is 17.8 Å². The highest BCUT2D eigenvalue weighted by atomic mass is 32.1. The maximum absolute atomic E-state index is 4.77. The van der Waals surface area contributed by atoms with Crippen LogP contribution < -0.4 is 0 Å². The summed E-state index contributed by atoms with van der Waals surface area (Å²) in [5.74, 6) is 1.06.